The van der Waals surface area contributed by atoms with Gasteiger partial charge in [0.2, 0.25) is 0 Å². The van der Waals surface area contributed by atoms with Crippen LogP contribution in [0.5, 0.6) is 0 Å². The first-order chi connectivity index (χ1) is 8.22. The summed E-state index contributed by atoms with van der Waals surface area (Å²) >= 11 is 0. The van der Waals surface area contributed by atoms with Crippen LogP contribution in [0.1, 0.15) is 24.9 Å². The van der Waals surface area contributed by atoms with Gasteiger partial charge in [0.1, 0.15) is 5.82 Å². The number of halogens is 2. The molecule has 0 aliphatic carbocycles. The van der Waals surface area contributed by atoms with E-state index in [1.165, 1.54) is 12.1 Å². The van der Waals surface area contributed by atoms with Crippen molar-refractivity contribution >= 4 is 12.4 Å². The van der Waals surface area contributed by atoms with Crippen LogP contribution in [-0.4, -0.2) is 20.8 Å². The quantitative estimate of drug-likeness (QED) is 0.928. The van der Waals surface area contributed by atoms with E-state index >= 15 is 0 Å². The SMILES string of the molecule is CCC(O)C(c1ccc(F)cc1)n1ccnc1.Cl. The van der Waals surface area contributed by atoms with Gasteiger partial charge in [-0.25, -0.2) is 9.37 Å². The molecule has 18 heavy (non-hydrogen) atoms. The van der Waals surface area contributed by atoms with Gasteiger partial charge in [-0.05, 0) is 24.1 Å². The second-order valence-electron chi connectivity index (χ2n) is 3.98. The van der Waals surface area contributed by atoms with Crippen molar-refractivity contribution < 1.29 is 9.50 Å². The van der Waals surface area contributed by atoms with Gasteiger partial charge >= 0.3 is 0 Å². The Morgan fingerprint density at radius 1 is 1.33 bits per heavy atom. The molecule has 0 spiro atoms. The second kappa shape index (κ2) is 6.52. The first-order valence-corrected chi connectivity index (χ1v) is 5.63. The molecule has 0 saturated heterocycles. The Bertz CT molecular complexity index is 458. The van der Waals surface area contributed by atoms with E-state index in [0.29, 0.717) is 6.42 Å². The molecular formula is C13H16ClFN2O. The lowest BCUT2D eigenvalue weighted by Gasteiger charge is -2.23. The van der Waals surface area contributed by atoms with Crippen molar-refractivity contribution in [2.45, 2.75) is 25.5 Å². The van der Waals surface area contributed by atoms with E-state index in [9.17, 15) is 9.50 Å². The lowest BCUT2D eigenvalue weighted by atomic mass is 9.99. The standard InChI is InChI=1S/C13H15FN2O.ClH/c1-2-12(17)13(16-8-7-15-9-16)10-3-5-11(14)6-4-10;/h3-9,12-13,17H,2H2,1H3;1H. The second-order valence-corrected chi connectivity index (χ2v) is 3.98. The highest BCUT2D eigenvalue weighted by molar-refractivity contribution is 5.85. The fourth-order valence-electron chi connectivity index (χ4n) is 1.91. The summed E-state index contributed by atoms with van der Waals surface area (Å²) < 4.78 is 14.7. The topological polar surface area (TPSA) is 38.0 Å². The van der Waals surface area contributed by atoms with Crippen molar-refractivity contribution in [3.05, 3.63) is 54.4 Å². The number of hydrogen-bond acceptors (Lipinski definition) is 2. The van der Waals surface area contributed by atoms with E-state index in [2.05, 4.69) is 4.98 Å². The van der Waals surface area contributed by atoms with Crippen molar-refractivity contribution in [2.24, 2.45) is 0 Å². The molecule has 0 aliphatic rings. The molecular weight excluding hydrogens is 255 g/mol. The fraction of sp³-hybridized carbons (Fsp3) is 0.308. The molecule has 0 aliphatic heterocycles. The van der Waals surface area contributed by atoms with Gasteiger partial charge in [-0.2, -0.15) is 0 Å². The summed E-state index contributed by atoms with van der Waals surface area (Å²) in [4.78, 5) is 3.98. The maximum atomic E-state index is 12.9. The van der Waals surface area contributed by atoms with E-state index in [0.717, 1.165) is 5.56 Å². The highest BCUT2D eigenvalue weighted by Crippen LogP contribution is 2.23. The molecule has 2 unspecified atom stereocenters. The number of aliphatic hydroxyl groups excluding tert-OH is 1. The van der Waals surface area contributed by atoms with Crippen LogP contribution in [0.15, 0.2) is 43.0 Å². The molecule has 1 aromatic carbocycles. The smallest absolute Gasteiger partial charge is 0.123 e. The average Bonchev–Trinajstić information content (AvgIpc) is 2.85. The maximum Gasteiger partial charge on any atom is 0.123 e. The van der Waals surface area contributed by atoms with Crippen LogP contribution in [0.4, 0.5) is 4.39 Å². The zero-order valence-electron chi connectivity index (χ0n) is 10.0. The average molecular weight is 271 g/mol. The summed E-state index contributed by atoms with van der Waals surface area (Å²) in [5, 5.41) is 10.1. The summed E-state index contributed by atoms with van der Waals surface area (Å²) in [7, 11) is 0. The first kappa shape index (κ1) is 14.7. The Morgan fingerprint density at radius 2 is 2.00 bits per heavy atom. The predicted octanol–water partition coefficient (Wildman–Crippen LogP) is 2.80. The first-order valence-electron chi connectivity index (χ1n) is 5.63. The highest BCUT2D eigenvalue weighted by Gasteiger charge is 2.21. The number of aliphatic hydroxyl groups is 1. The zero-order valence-corrected chi connectivity index (χ0v) is 10.8. The minimum absolute atomic E-state index is 0. The van der Waals surface area contributed by atoms with Crippen LogP contribution in [-0.2, 0) is 0 Å². The van der Waals surface area contributed by atoms with Gasteiger partial charge in [-0.15, -0.1) is 12.4 Å². The third kappa shape index (κ3) is 3.09. The summed E-state index contributed by atoms with van der Waals surface area (Å²) in [6, 6.07) is 5.98. The van der Waals surface area contributed by atoms with E-state index < -0.39 is 6.10 Å². The van der Waals surface area contributed by atoms with Crippen molar-refractivity contribution in [2.75, 3.05) is 0 Å². The number of hydrogen-bond donors (Lipinski definition) is 1. The molecule has 2 atom stereocenters. The molecule has 3 nitrogen and oxygen atoms in total. The van der Waals surface area contributed by atoms with Crippen LogP contribution in [0.25, 0.3) is 0 Å². The third-order valence-electron chi connectivity index (χ3n) is 2.84. The lowest BCUT2D eigenvalue weighted by molar-refractivity contribution is 0.126. The van der Waals surface area contributed by atoms with Crippen molar-refractivity contribution in [3.63, 3.8) is 0 Å². The number of benzene rings is 1. The monoisotopic (exact) mass is 270 g/mol. The summed E-state index contributed by atoms with van der Waals surface area (Å²) in [6.07, 6.45) is 5.23. The fourth-order valence-corrected chi connectivity index (χ4v) is 1.91. The lowest BCUT2D eigenvalue weighted by Crippen LogP contribution is -2.23. The van der Waals surface area contributed by atoms with Crippen LogP contribution >= 0.6 is 12.4 Å². The molecule has 0 bridgehead atoms. The summed E-state index contributed by atoms with van der Waals surface area (Å²) in [5.74, 6) is -0.274. The Hall–Kier alpha value is -1.39. The third-order valence-corrected chi connectivity index (χ3v) is 2.84. The van der Waals surface area contributed by atoms with Crippen LogP contribution in [0.3, 0.4) is 0 Å². The van der Waals surface area contributed by atoms with Gasteiger partial charge in [0.05, 0.1) is 18.5 Å². The van der Waals surface area contributed by atoms with E-state index in [1.807, 2.05) is 11.5 Å². The van der Waals surface area contributed by atoms with Crippen molar-refractivity contribution in [3.8, 4) is 0 Å². The minimum Gasteiger partial charge on any atom is -0.391 e. The zero-order chi connectivity index (χ0) is 12.3. The molecule has 0 radical (unpaired) electrons. The largest absolute Gasteiger partial charge is 0.391 e. The van der Waals surface area contributed by atoms with Crippen molar-refractivity contribution in [1.82, 2.24) is 9.55 Å². The van der Waals surface area contributed by atoms with Crippen LogP contribution in [0, 0.1) is 5.82 Å². The Balaban J connectivity index is 0.00000162. The van der Waals surface area contributed by atoms with Gasteiger partial charge < -0.3 is 9.67 Å². The number of aromatic nitrogens is 2. The van der Waals surface area contributed by atoms with E-state index in [-0.39, 0.29) is 24.3 Å². The van der Waals surface area contributed by atoms with Gasteiger partial charge in [0.25, 0.3) is 0 Å². The van der Waals surface area contributed by atoms with Gasteiger partial charge in [0.15, 0.2) is 0 Å². The number of nitrogens with zero attached hydrogens (tertiary/aromatic N) is 2. The molecule has 0 saturated carbocycles. The summed E-state index contributed by atoms with van der Waals surface area (Å²) in [6.45, 7) is 1.91. The molecule has 0 fully saturated rings. The van der Waals surface area contributed by atoms with Gasteiger partial charge in [0, 0.05) is 12.4 Å². The Morgan fingerprint density at radius 3 is 2.50 bits per heavy atom. The molecule has 1 heterocycles. The van der Waals surface area contributed by atoms with Crippen LogP contribution in [0.2, 0.25) is 0 Å². The Labute approximate surface area is 112 Å². The van der Waals surface area contributed by atoms with Gasteiger partial charge in [-0.1, -0.05) is 19.1 Å². The molecule has 2 aromatic rings. The number of rotatable bonds is 4. The maximum absolute atomic E-state index is 12.9. The summed E-state index contributed by atoms with van der Waals surface area (Å²) in [5.41, 5.74) is 0.874. The Kier molecular flexibility index (Phi) is 5.31. The van der Waals surface area contributed by atoms with Crippen LogP contribution < -0.4 is 0 Å². The van der Waals surface area contributed by atoms with Gasteiger partial charge in [-0.3, -0.25) is 0 Å². The molecule has 0 amide bonds. The van der Waals surface area contributed by atoms with E-state index in [1.54, 1.807) is 30.9 Å². The minimum atomic E-state index is -0.519. The predicted molar refractivity (Wildman–Crippen MR) is 70.3 cm³/mol. The number of imidazole rings is 1. The molecule has 1 N–H and O–H groups in total. The molecule has 5 heteroatoms. The van der Waals surface area contributed by atoms with Crippen molar-refractivity contribution in [1.29, 1.82) is 0 Å². The normalized spacial score (nSPS) is 13.7. The molecule has 2 rings (SSSR count). The molecule has 1 aromatic heterocycles. The molecule has 98 valence electrons. The highest BCUT2D eigenvalue weighted by atomic mass is 35.5. The van der Waals surface area contributed by atoms with E-state index in [4.69, 9.17) is 0 Å².